The summed E-state index contributed by atoms with van der Waals surface area (Å²) in [5, 5.41) is 0. The molecule has 10 aromatic carbocycles. The minimum absolute atomic E-state index is 0.111. The predicted octanol–water partition coefficient (Wildman–Crippen LogP) is 18.3. The normalized spacial score (nSPS) is 15.7. The van der Waals surface area contributed by atoms with Crippen molar-refractivity contribution in [2.45, 2.75) is 50.9 Å². The van der Waals surface area contributed by atoms with E-state index in [1.54, 1.807) is 0 Å². The molecule has 0 heterocycles. The van der Waals surface area contributed by atoms with Gasteiger partial charge >= 0.3 is 0 Å². The molecule has 1 nitrogen and oxygen atoms in total. The monoisotopic (exact) mass is 883 g/mol. The third kappa shape index (κ3) is 6.23. The van der Waals surface area contributed by atoms with Crippen molar-refractivity contribution in [3.05, 3.63) is 269 Å². The van der Waals surface area contributed by atoms with E-state index < -0.39 is 5.41 Å². The number of rotatable bonds is 8. The zero-order valence-corrected chi connectivity index (χ0v) is 39.7. The molecule has 0 aliphatic heterocycles. The summed E-state index contributed by atoms with van der Waals surface area (Å²) < 4.78 is 0. The maximum atomic E-state index is 2.50. The molecule has 0 fully saturated rings. The first-order valence-electron chi connectivity index (χ1n) is 24.7. The van der Waals surface area contributed by atoms with E-state index in [2.05, 4.69) is 263 Å². The molecule has 330 valence electrons. The van der Waals surface area contributed by atoms with Crippen LogP contribution in [0.15, 0.2) is 231 Å². The molecule has 3 aliphatic rings. The average Bonchev–Trinajstić information content (AvgIpc) is 3.97. The van der Waals surface area contributed by atoms with E-state index in [4.69, 9.17) is 0 Å². The fourth-order valence-electron chi connectivity index (χ4n) is 12.3. The summed E-state index contributed by atoms with van der Waals surface area (Å²) in [5.74, 6) is 0.543. The molecule has 10 aromatic rings. The Balaban J connectivity index is 0.929. The van der Waals surface area contributed by atoms with Crippen LogP contribution >= 0.6 is 0 Å². The number of anilines is 3. The quantitative estimate of drug-likeness (QED) is 0.147. The Morgan fingerprint density at radius 3 is 1.25 bits per heavy atom. The smallest absolute Gasteiger partial charge is 0.0725 e. The van der Waals surface area contributed by atoms with Gasteiger partial charge in [0.2, 0.25) is 0 Å². The molecule has 3 aliphatic carbocycles. The summed E-state index contributed by atoms with van der Waals surface area (Å²) in [7, 11) is 0. The van der Waals surface area contributed by atoms with Crippen LogP contribution < -0.4 is 4.90 Å². The van der Waals surface area contributed by atoms with Crippen LogP contribution in [0, 0.1) is 0 Å². The van der Waals surface area contributed by atoms with Crippen molar-refractivity contribution >= 4 is 17.1 Å². The van der Waals surface area contributed by atoms with Crippen LogP contribution in [0.3, 0.4) is 0 Å². The molecular formula is C68H53N. The lowest BCUT2D eigenvalue weighted by Crippen LogP contribution is -2.26. The third-order valence-electron chi connectivity index (χ3n) is 16.0. The average molecular weight is 884 g/mol. The molecule has 0 radical (unpaired) electrons. The lowest BCUT2D eigenvalue weighted by molar-refractivity contribution is 0.660. The summed E-state index contributed by atoms with van der Waals surface area (Å²) in [5.41, 5.74) is 27.7. The number of nitrogens with zero attached hydrogens (tertiary/aromatic N) is 1. The summed E-state index contributed by atoms with van der Waals surface area (Å²) in [6.07, 6.45) is 1.14. The van der Waals surface area contributed by atoms with Crippen molar-refractivity contribution in [1.82, 2.24) is 0 Å². The van der Waals surface area contributed by atoms with E-state index in [1.165, 1.54) is 106 Å². The summed E-state index contributed by atoms with van der Waals surface area (Å²) in [4.78, 5) is 2.42. The van der Waals surface area contributed by atoms with E-state index in [9.17, 15) is 0 Å². The van der Waals surface area contributed by atoms with E-state index in [0.717, 1.165) is 23.5 Å². The molecule has 2 atom stereocenters. The highest BCUT2D eigenvalue weighted by molar-refractivity contribution is 5.97. The van der Waals surface area contributed by atoms with Crippen LogP contribution in [0.5, 0.6) is 0 Å². The van der Waals surface area contributed by atoms with Gasteiger partial charge in [0.25, 0.3) is 0 Å². The van der Waals surface area contributed by atoms with Gasteiger partial charge in [0.05, 0.1) is 5.41 Å². The van der Waals surface area contributed by atoms with E-state index in [0.29, 0.717) is 5.92 Å². The second kappa shape index (κ2) is 15.8. The minimum atomic E-state index is -0.454. The Morgan fingerprint density at radius 2 is 0.710 bits per heavy atom. The topological polar surface area (TPSA) is 3.24 Å². The van der Waals surface area contributed by atoms with Gasteiger partial charge < -0.3 is 4.90 Å². The lowest BCUT2D eigenvalue weighted by Gasteiger charge is -2.31. The lowest BCUT2D eigenvalue weighted by atomic mass is 9.70. The Kier molecular flexibility index (Phi) is 9.43. The van der Waals surface area contributed by atoms with Gasteiger partial charge in [-0.1, -0.05) is 210 Å². The van der Waals surface area contributed by atoms with Crippen LogP contribution in [-0.4, -0.2) is 0 Å². The van der Waals surface area contributed by atoms with Gasteiger partial charge in [-0.25, -0.2) is 0 Å². The highest BCUT2D eigenvalue weighted by atomic mass is 15.1. The minimum Gasteiger partial charge on any atom is -0.310 e. The molecule has 1 spiro atoms. The van der Waals surface area contributed by atoms with Crippen molar-refractivity contribution in [3.8, 4) is 66.8 Å². The Labute approximate surface area is 407 Å². The Hall–Kier alpha value is -8.00. The molecule has 0 saturated carbocycles. The molecule has 0 N–H and O–H groups in total. The predicted molar refractivity (Wildman–Crippen MR) is 290 cm³/mol. The van der Waals surface area contributed by atoms with Crippen molar-refractivity contribution in [3.63, 3.8) is 0 Å². The van der Waals surface area contributed by atoms with Gasteiger partial charge in [0.1, 0.15) is 0 Å². The van der Waals surface area contributed by atoms with Gasteiger partial charge in [-0.3, -0.25) is 0 Å². The number of hydrogen-bond acceptors (Lipinski definition) is 1. The molecule has 0 saturated heterocycles. The van der Waals surface area contributed by atoms with Crippen molar-refractivity contribution in [2.24, 2.45) is 0 Å². The van der Waals surface area contributed by atoms with Crippen LogP contribution in [0.4, 0.5) is 17.1 Å². The van der Waals surface area contributed by atoms with Crippen LogP contribution in [0.1, 0.15) is 79.0 Å². The first kappa shape index (κ1) is 41.2. The fourth-order valence-corrected chi connectivity index (χ4v) is 12.3. The maximum Gasteiger partial charge on any atom is 0.0725 e. The van der Waals surface area contributed by atoms with E-state index in [1.807, 2.05) is 0 Å². The highest BCUT2D eigenvalue weighted by Gasteiger charge is 2.51. The van der Waals surface area contributed by atoms with Gasteiger partial charge in [0.15, 0.2) is 0 Å². The standard InChI is InChI=1S/C68H53N/c1-5-44(2)45-23-25-48(26-24-45)50-31-38-59-56-18-10-13-21-62(56)68(65(59)41-50)63-22-14-11-19-57(63)60-39-32-51(42-66(60)68)49-29-35-53(36-30-49)69(52-33-27-47(28-34-52)46-15-7-6-8-16-46)54-37-40-58-55-17-9-12-20-61(55)67(3,4)64(58)43-54/h6-44H,5H2,1-4H3. The molecule has 0 bridgehead atoms. The van der Waals surface area contributed by atoms with Crippen LogP contribution in [0.2, 0.25) is 0 Å². The highest BCUT2D eigenvalue weighted by Crippen LogP contribution is 2.63. The zero-order valence-electron chi connectivity index (χ0n) is 39.7. The Bertz CT molecular complexity index is 3600. The van der Waals surface area contributed by atoms with Gasteiger partial charge in [-0.15, -0.1) is 0 Å². The van der Waals surface area contributed by atoms with Crippen molar-refractivity contribution in [1.29, 1.82) is 0 Å². The molecular weight excluding hydrogens is 831 g/mol. The molecule has 0 amide bonds. The van der Waals surface area contributed by atoms with Crippen LogP contribution in [-0.2, 0) is 10.8 Å². The van der Waals surface area contributed by atoms with E-state index >= 15 is 0 Å². The Morgan fingerprint density at radius 1 is 0.333 bits per heavy atom. The largest absolute Gasteiger partial charge is 0.310 e. The van der Waals surface area contributed by atoms with E-state index in [-0.39, 0.29) is 5.41 Å². The fraction of sp³-hybridized carbons (Fsp3) is 0.118. The second-order valence-corrected chi connectivity index (χ2v) is 20.0. The summed E-state index contributed by atoms with van der Waals surface area (Å²) in [6.45, 7) is 9.31. The molecule has 2 unspecified atom stereocenters. The number of benzene rings is 10. The molecule has 0 aromatic heterocycles. The number of fused-ring (bicyclic) bond motifs is 13. The van der Waals surface area contributed by atoms with Gasteiger partial charge in [-0.05, 0) is 167 Å². The maximum absolute atomic E-state index is 2.50. The van der Waals surface area contributed by atoms with Crippen molar-refractivity contribution < 1.29 is 0 Å². The summed E-state index contributed by atoms with van der Waals surface area (Å²) in [6, 6.07) is 86.9. The zero-order chi connectivity index (χ0) is 46.4. The SMILES string of the molecule is CCC(C)c1ccc(-c2ccc3c(c2)C2(c4ccccc4-3)c3ccccc3-c3ccc(-c4ccc(N(c5ccc(-c6ccccc6)cc5)c5ccc6c(c5)C(C)(C)c5ccccc5-6)cc4)cc32)cc1. The van der Waals surface area contributed by atoms with Gasteiger partial charge in [-0.2, -0.15) is 0 Å². The molecule has 13 rings (SSSR count). The summed E-state index contributed by atoms with van der Waals surface area (Å²) >= 11 is 0. The van der Waals surface area contributed by atoms with Crippen LogP contribution in [0.25, 0.3) is 66.8 Å². The molecule has 69 heavy (non-hydrogen) atoms. The first-order valence-corrected chi connectivity index (χ1v) is 24.7. The van der Waals surface area contributed by atoms with Crippen molar-refractivity contribution in [2.75, 3.05) is 4.90 Å². The number of hydrogen-bond donors (Lipinski definition) is 0. The molecule has 1 heteroatoms. The third-order valence-corrected chi connectivity index (χ3v) is 16.0. The first-order chi connectivity index (χ1) is 33.8. The van der Waals surface area contributed by atoms with Gasteiger partial charge in [0, 0.05) is 22.5 Å². The second-order valence-electron chi connectivity index (χ2n) is 20.0.